The second kappa shape index (κ2) is 3.49. The van der Waals surface area contributed by atoms with Gasteiger partial charge < -0.3 is 30.3 Å². The Labute approximate surface area is 75.0 Å². The van der Waals surface area contributed by atoms with Gasteiger partial charge in [-0.25, -0.2) is 0 Å². The van der Waals surface area contributed by atoms with Crippen LogP contribution in [0, 0.1) is 0 Å². The van der Waals surface area contributed by atoms with E-state index in [2.05, 4.69) is 0 Å². The largest absolute Gasteiger partial charge is 0.394 e. The summed E-state index contributed by atoms with van der Waals surface area (Å²) in [5.41, 5.74) is 0. The van der Waals surface area contributed by atoms with Gasteiger partial charge >= 0.3 is 0 Å². The predicted octanol–water partition coefficient (Wildman–Crippen LogP) is -2.83. The highest BCUT2D eigenvalue weighted by atomic mass is 16.7. The SMILES string of the molecule is C[C@@]1(O)O[C@@H]([C@H](O)CO)[C@@H](O)[C@H]1O. The Hall–Kier alpha value is -0.240. The summed E-state index contributed by atoms with van der Waals surface area (Å²) >= 11 is 0. The van der Waals surface area contributed by atoms with E-state index in [-0.39, 0.29) is 0 Å². The Kier molecular flexibility index (Phi) is 2.91. The quantitative estimate of drug-likeness (QED) is 0.324. The Balaban J connectivity index is 2.72. The summed E-state index contributed by atoms with van der Waals surface area (Å²) in [7, 11) is 0. The molecule has 0 radical (unpaired) electrons. The smallest absolute Gasteiger partial charge is 0.192 e. The summed E-state index contributed by atoms with van der Waals surface area (Å²) in [6.45, 7) is 0.565. The minimum atomic E-state index is -1.89. The summed E-state index contributed by atoms with van der Waals surface area (Å²) in [5.74, 6) is -1.89. The van der Waals surface area contributed by atoms with E-state index in [1.54, 1.807) is 0 Å². The number of hydrogen-bond donors (Lipinski definition) is 5. The molecule has 5 N–H and O–H groups in total. The van der Waals surface area contributed by atoms with Crippen molar-refractivity contribution in [3.8, 4) is 0 Å². The Morgan fingerprint density at radius 3 is 2.31 bits per heavy atom. The Morgan fingerprint density at radius 2 is 2.00 bits per heavy atom. The third-order valence-electron chi connectivity index (χ3n) is 2.15. The van der Waals surface area contributed by atoms with Gasteiger partial charge in [-0.1, -0.05) is 0 Å². The van der Waals surface area contributed by atoms with E-state index in [9.17, 15) is 15.3 Å². The summed E-state index contributed by atoms with van der Waals surface area (Å²) < 4.78 is 4.77. The molecular weight excluding hydrogens is 180 g/mol. The van der Waals surface area contributed by atoms with Gasteiger partial charge in [-0.15, -0.1) is 0 Å². The summed E-state index contributed by atoms with van der Waals surface area (Å²) in [5, 5.41) is 45.5. The van der Waals surface area contributed by atoms with Crippen LogP contribution < -0.4 is 0 Å². The van der Waals surface area contributed by atoms with Gasteiger partial charge in [0.25, 0.3) is 0 Å². The van der Waals surface area contributed by atoms with Crippen molar-refractivity contribution < 1.29 is 30.3 Å². The van der Waals surface area contributed by atoms with Crippen molar-refractivity contribution in [2.75, 3.05) is 6.61 Å². The molecule has 0 bridgehead atoms. The van der Waals surface area contributed by atoms with Gasteiger partial charge in [-0.2, -0.15) is 0 Å². The topological polar surface area (TPSA) is 110 Å². The molecule has 1 aliphatic heterocycles. The molecule has 78 valence electrons. The average Bonchev–Trinajstić information content (AvgIpc) is 2.28. The standard InChI is InChI=1S/C7H14O6/c1-7(12)6(11)4(10)5(13-7)3(9)2-8/h3-6,8-12H,2H2,1H3/t3-,4-,5+,6-,7-/m1/s1. The minimum absolute atomic E-state index is 0.607. The van der Waals surface area contributed by atoms with Crippen molar-refractivity contribution in [2.45, 2.75) is 37.1 Å². The first-order valence-electron chi connectivity index (χ1n) is 3.95. The van der Waals surface area contributed by atoms with Gasteiger partial charge in [0.15, 0.2) is 5.79 Å². The van der Waals surface area contributed by atoms with Crippen LogP contribution in [-0.4, -0.2) is 62.3 Å². The van der Waals surface area contributed by atoms with Gasteiger partial charge in [0.2, 0.25) is 0 Å². The fourth-order valence-corrected chi connectivity index (χ4v) is 1.32. The highest BCUT2D eigenvalue weighted by molar-refractivity contribution is 4.95. The number of hydrogen-bond acceptors (Lipinski definition) is 6. The minimum Gasteiger partial charge on any atom is -0.394 e. The number of ether oxygens (including phenoxy) is 1. The first-order chi connectivity index (χ1) is 5.90. The molecule has 1 aliphatic rings. The molecule has 1 saturated heterocycles. The van der Waals surface area contributed by atoms with Crippen LogP contribution in [0.5, 0.6) is 0 Å². The lowest BCUT2D eigenvalue weighted by molar-refractivity contribution is -0.226. The third kappa shape index (κ3) is 1.83. The number of rotatable bonds is 2. The maximum atomic E-state index is 9.32. The van der Waals surface area contributed by atoms with E-state index in [0.29, 0.717) is 0 Å². The molecule has 13 heavy (non-hydrogen) atoms. The fourth-order valence-electron chi connectivity index (χ4n) is 1.32. The van der Waals surface area contributed by atoms with Crippen LogP contribution in [-0.2, 0) is 4.74 Å². The highest BCUT2D eigenvalue weighted by Crippen LogP contribution is 2.30. The first kappa shape index (κ1) is 10.8. The zero-order chi connectivity index (χ0) is 10.2. The summed E-state index contributed by atoms with van der Waals surface area (Å²) in [6.07, 6.45) is -5.38. The lowest BCUT2D eigenvalue weighted by atomic mass is 10.0. The lowest BCUT2D eigenvalue weighted by Crippen LogP contribution is -2.41. The molecular formula is C7H14O6. The lowest BCUT2D eigenvalue weighted by Gasteiger charge is -2.20. The summed E-state index contributed by atoms with van der Waals surface area (Å²) in [4.78, 5) is 0. The Morgan fingerprint density at radius 1 is 1.46 bits per heavy atom. The predicted molar refractivity (Wildman–Crippen MR) is 40.6 cm³/mol. The molecule has 6 nitrogen and oxygen atoms in total. The number of aliphatic hydroxyl groups excluding tert-OH is 4. The zero-order valence-corrected chi connectivity index (χ0v) is 7.16. The highest BCUT2D eigenvalue weighted by Gasteiger charge is 2.52. The fraction of sp³-hybridized carbons (Fsp3) is 1.00. The van der Waals surface area contributed by atoms with Crippen molar-refractivity contribution >= 4 is 0 Å². The van der Waals surface area contributed by atoms with Gasteiger partial charge in [0.05, 0.1) is 6.61 Å². The molecule has 6 heteroatoms. The molecule has 0 aromatic carbocycles. The van der Waals surface area contributed by atoms with E-state index in [0.717, 1.165) is 0 Å². The van der Waals surface area contributed by atoms with Crippen LogP contribution in [0.15, 0.2) is 0 Å². The van der Waals surface area contributed by atoms with Crippen LogP contribution in [0.25, 0.3) is 0 Å². The molecule has 1 heterocycles. The monoisotopic (exact) mass is 194 g/mol. The van der Waals surface area contributed by atoms with Crippen molar-refractivity contribution in [1.82, 2.24) is 0 Å². The van der Waals surface area contributed by atoms with Crippen LogP contribution in [0.4, 0.5) is 0 Å². The van der Waals surface area contributed by atoms with Gasteiger partial charge in [-0.3, -0.25) is 0 Å². The van der Waals surface area contributed by atoms with E-state index in [1.807, 2.05) is 0 Å². The van der Waals surface area contributed by atoms with E-state index >= 15 is 0 Å². The van der Waals surface area contributed by atoms with Crippen molar-refractivity contribution in [3.05, 3.63) is 0 Å². The molecule has 0 aliphatic carbocycles. The molecule has 0 amide bonds. The summed E-state index contributed by atoms with van der Waals surface area (Å²) in [6, 6.07) is 0. The average molecular weight is 194 g/mol. The molecule has 0 spiro atoms. The molecule has 5 atom stereocenters. The zero-order valence-electron chi connectivity index (χ0n) is 7.16. The van der Waals surface area contributed by atoms with E-state index < -0.39 is 36.8 Å². The van der Waals surface area contributed by atoms with Crippen molar-refractivity contribution in [2.24, 2.45) is 0 Å². The molecule has 0 aromatic rings. The maximum Gasteiger partial charge on any atom is 0.192 e. The van der Waals surface area contributed by atoms with Crippen molar-refractivity contribution in [1.29, 1.82) is 0 Å². The molecule has 0 aromatic heterocycles. The Bertz CT molecular complexity index is 182. The molecule has 1 rings (SSSR count). The second-order valence-electron chi connectivity index (χ2n) is 3.32. The molecule has 0 unspecified atom stereocenters. The van der Waals surface area contributed by atoms with E-state index in [4.69, 9.17) is 14.9 Å². The van der Waals surface area contributed by atoms with Crippen LogP contribution in [0.3, 0.4) is 0 Å². The maximum absolute atomic E-state index is 9.32. The van der Waals surface area contributed by atoms with Gasteiger partial charge in [-0.05, 0) is 6.92 Å². The van der Waals surface area contributed by atoms with E-state index in [1.165, 1.54) is 6.92 Å². The number of aliphatic hydroxyl groups is 5. The second-order valence-corrected chi connectivity index (χ2v) is 3.32. The first-order valence-corrected chi connectivity index (χ1v) is 3.95. The van der Waals surface area contributed by atoms with Crippen LogP contribution in [0.2, 0.25) is 0 Å². The molecule has 0 saturated carbocycles. The molecule has 1 fully saturated rings. The van der Waals surface area contributed by atoms with Gasteiger partial charge in [0, 0.05) is 0 Å². The van der Waals surface area contributed by atoms with Crippen molar-refractivity contribution in [3.63, 3.8) is 0 Å². The third-order valence-corrected chi connectivity index (χ3v) is 2.15. The van der Waals surface area contributed by atoms with Gasteiger partial charge in [0.1, 0.15) is 24.4 Å². The normalized spacial score (nSPS) is 48.0. The van der Waals surface area contributed by atoms with Crippen LogP contribution >= 0.6 is 0 Å². The van der Waals surface area contributed by atoms with Crippen LogP contribution in [0.1, 0.15) is 6.92 Å².